The summed E-state index contributed by atoms with van der Waals surface area (Å²) in [4.78, 5) is 8.57. The maximum atomic E-state index is 6.23. The highest BCUT2D eigenvalue weighted by molar-refractivity contribution is 9.10. The number of aromatic nitrogens is 2. The lowest BCUT2D eigenvalue weighted by atomic mass is 10.2. The van der Waals surface area contributed by atoms with Crippen molar-refractivity contribution in [2.75, 3.05) is 0 Å². The van der Waals surface area contributed by atoms with Gasteiger partial charge in [-0.05, 0) is 41.0 Å². The Bertz CT molecular complexity index is 373. The lowest BCUT2D eigenvalue weighted by Crippen LogP contribution is -2.41. The van der Waals surface area contributed by atoms with E-state index >= 15 is 0 Å². The van der Waals surface area contributed by atoms with Gasteiger partial charge in [0.25, 0.3) is 0 Å². The summed E-state index contributed by atoms with van der Waals surface area (Å²) in [5.41, 5.74) is 0. The molecule has 1 heterocycles. The molecule has 0 saturated carbocycles. The Morgan fingerprint density at radius 3 is 2.12 bits per heavy atom. The van der Waals surface area contributed by atoms with E-state index in [1.54, 1.807) is 12.4 Å². The van der Waals surface area contributed by atoms with E-state index in [9.17, 15) is 0 Å². The monoisotopic (exact) mass is 316 g/mol. The highest BCUT2D eigenvalue weighted by atomic mass is 79.9. The molecule has 0 saturated heterocycles. The molecule has 1 atom stereocenters. The Balaban J connectivity index is 2.79. The van der Waals surface area contributed by atoms with Crippen molar-refractivity contribution in [3.8, 4) is 0 Å². The third-order valence-electron chi connectivity index (χ3n) is 3.28. The summed E-state index contributed by atoms with van der Waals surface area (Å²) >= 11 is 3.33. The summed E-state index contributed by atoms with van der Waals surface area (Å²) in [7, 11) is -1.76. The fourth-order valence-electron chi connectivity index (χ4n) is 1.20. The SMILES string of the molecule is CC(O[Si](C)(C)C(C)(C)C)c1ncc(Br)cn1. The summed E-state index contributed by atoms with van der Waals surface area (Å²) < 4.78 is 7.12. The Labute approximate surface area is 113 Å². The molecule has 0 amide bonds. The van der Waals surface area contributed by atoms with Gasteiger partial charge in [0, 0.05) is 12.4 Å². The van der Waals surface area contributed by atoms with Crippen LogP contribution in [-0.2, 0) is 4.43 Å². The minimum atomic E-state index is -1.76. The van der Waals surface area contributed by atoms with Crippen LogP contribution in [0.25, 0.3) is 0 Å². The number of hydrogen-bond donors (Lipinski definition) is 0. The Hall–Kier alpha value is -0.263. The summed E-state index contributed by atoms with van der Waals surface area (Å²) in [6, 6.07) is 0. The van der Waals surface area contributed by atoms with Gasteiger partial charge in [-0.15, -0.1) is 0 Å². The standard InChI is InChI=1S/C12H21BrN2OSi/c1-9(11-14-7-10(13)8-15-11)16-17(5,6)12(2,3)4/h7-9H,1-6H3. The first kappa shape index (κ1) is 14.8. The quantitative estimate of drug-likeness (QED) is 0.779. The molecule has 96 valence electrons. The fourth-order valence-corrected chi connectivity index (χ4v) is 2.75. The molecule has 1 unspecified atom stereocenters. The Kier molecular flexibility index (Phi) is 4.49. The molecule has 0 fully saturated rings. The van der Waals surface area contributed by atoms with E-state index < -0.39 is 8.32 Å². The smallest absolute Gasteiger partial charge is 0.193 e. The third-order valence-corrected chi connectivity index (χ3v) is 8.25. The highest BCUT2D eigenvalue weighted by Crippen LogP contribution is 2.39. The van der Waals surface area contributed by atoms with Crippen molar-refractivity contribution in [1.29, 1.82) is 0 Å². The van der Waals surface area contributed by atoms with Gasteiger partial charge < -0.3 is 4.43 Å². The van der Waals surface area contributed by atoms with Crippen LogP contribution in [0.15, 0.2) is 16.9 Å². The topological polar surface area (TPSA) is 35.0 Å². The molecular weight excluding hydrogens is 296 g/mol. The molecule has 0 aromatic carbocycles. The van der Waals surface area contributed by atoms with Gasteiger partial charge in [0.2, 0.25) is 0 Å². The summed E-state index contributed by atoms with van der Waals surface area (Å²) in [6.45, 7) is 13.2. The van der Waals surface area contributed by atoms with Gasteiger partial charge >= 0.3 is 0 Å². The van der Waals surface area contributed by atoms with Gasteiger partial charge in [0.05, 0.1) is 4.47 Å². The third kappa shape index (κ3) is 3.86. The molecule has 0 aliphatic carbocycles. The minimum Gasteiger partial charge on any atom is -0.407 e. The molecule has 1 aromatic heterocycles. The number of nitrogens with zero attached hydrogens (tertiary/aromatic N) is 2. The van der Waals surface area contributed by atoms with Crippen LogP contribution in [0.1, 0.15) is 39.6 Å². The van der Waals surface area contributed by atoms with Gasteiger partial charge in [-0.25, -0.2) is 9.97 Å². The second-order valence-electron chi connectivity index (χ2n) is 5.78. The first-order chi connectivity index (χ1) is 7.63. The lowest BCUT2D eigenvalue weighted by Gasteiger charge is -2.38. The first-order valence-corrected chi connectivity index (χ1v) is 9.49. The average molecular weight is 317 g/mol. The molecule has 17 heavy (non-hydrogen) atoms. The zero-order chi connectivity index (χ0) is 13.3. The summed E-state index contributed by atoms with van der Waals surface area (Å²) in [5, 5.41) is 0.205. The second kappa shape index (κ2) is 5.16. The van der Waals surface area contributed by atoms with E-state index in [1.807, 2.05) is 6.92 Å². The molecule has 1 rings (SSSR count). The van der Waals surface area contributed by atoms with Gasteiger partial charge in [-0.2, -0.15) is 0 Å². The van der Waals surface area contributed by atoms with Crippen molar-refractivity contribution in [3.63, 3.8) is 0 Å². The molecule has 0 radical (unpaired) electrons. The van der Waals surface area contributed by atoms with Crippen LogP contribution in [0.4, 0.5) is 0 Å². The average Bonchev–Trinajstić information content (AvgIpc) is 2.16. The van der Waals surface area contributed by atoms with E-state index in [0.29, 0.717) is 0 Å². The van der Waals surface area contributed by atoms with Gasteiger partial charge in [0.15, 0.2) is 14.1 Å². The van der Waals surface area contributed by atoms with Crippen molar-refractivity contribution in [2.24, 2.45) is 0 Å². The molecule has 5 heteroatoms. The van der Waals surface area contributed by atoms with Crippen LogP contribution in [-0.4, -0.2) is 18.3 Å². The molecule has 3 nitrogen and oxygen atoms in total. The van der Waals surface area contributed by atoms with Gasteiger partial charge in [-0.3, -0.25) is 0 Å². The maximum absolute atomic E-state index is 6.23. The van der Waals surface area contributed by atoms with Crippen molar-refractivity contribution in [1.82, 2.24) is 9.97 Å². The van der Waals surface area contributed by atoms with Crippen molar-refractivity contribution < 1.29 is 4.43 Å². The molecule has 0 aliphatic heterocycles. The van der Waals surface area contributed by atoms with E-state index in [4.69, 9.17) is 4.43 Å². The predicted octanol–water partition coefficient (Wildman–Crippen LogP) is 4.32. The van der Waals surface area contributed by atoms with Crippen molar-refractivity contribution in [3.05, 3.63) is 22.7 Å². The minimum absolute atomic E-state index is 0.0519. The number of hydrogen-bond acceptors (Lipinski definition) is 3. The van der Waals surface area contributed by atoms with Crippen molar-refractivity contribution in [2.45, 2.75) is 51.9 Å². The largest absolute Gasteiger partial charge is 0.407 e. The zero-order valence-corrected chi connectivity index (χ0v) is 14.0. The summed E-state index contributed by atoms with van der Waals surface area (Å²) in [6.07, 6.45) is 3.46. The van der Waals surface area contributed by atoms with Gasteiger partial charge in [0.1, 0.15) is 6.10 Å². The molecule has 0 aliphatic rings. The van der Waals surface area contributed by atoms with Crippen LogP contribution < -0.4 is 0 Å². The van der Waals surface area contributed by atoms with Crippen molar-refractivity contribution >= 4 is 24.2 Å². The van der Waals surface area contributed by atoms with Crippen LogP contribution in [0.3, 0.4) is 0 Å². The Morgan fingerprint density at radius 1 is 1.24 bits per heavy atom. The summed E-state index contributed by atoms with van der Waals surface area (Å²) in [5.74, 6) is 0.748. The first-order valence-electron chi connectivity index (χ1n) is 5.79. The number of rotatable bonds is 3. The molecule has 0 N–H and O–H groups in total. The second-order valence-corrected chi connectivity index (χ2v) is 11.5. The van der Waals surface area contributed by atoms with Crippen LogP contribution in [0.5, 0.6) is 0 Å². The molecular formula is C12H21BrN2OSi. The predicted molar refractivity (Wildman–Crippen MR) is 76.4 cm³/mol. The van der Waals surface area contributed by atoms with Crippen LogP contribution in [0, 0.1) is 0 Å². The molecule has 0 spiro atoms. The maximum Gasteiger partial charge on any atom is 0.193 e. The highest BCUT2D eigenvalue weighted by Gasteiger charge is 2.39. The van der Waals surface area contributed by atoms with Crippen LogP contribution in [0.2, 0.25) is 18.1 Å². The van der Waals surface area contributed by atoms with Crippen LogP contribution >= 0.6 is 15.9 Å². The fraction of sp³-hybridized carbons (Fsp3) is 0.667. The number of halogens is 1. The van der Waals surface area contributed by atoms with E-state index in [1.165, 1.54) is 0 Å². The Morgan fingerprint density at radius 2 is 1.71 bits per heavy atom. The normalized spacial score (nSPS) is 14.8. The zero-order valence-electron chi connectivity index (χ0n) is 11.4. The molecule has 1 aromatic rings. The lowest BCUT2D eigenvalue weighted by molar-refractivity contribution is 0.193. The molecule has 0 bridgehead atoms. The van der Waals surface area contributed by atoms with Gasteiger partial charge in [-0.1, -0.05) is 20.8 Å². The van der Waals surface area contributed by atoms with E-state index in [0.717, 1.165) is 10.3 Å². The van der Waals surface area contributed by atoms with E-state index in [-0.39, 0.29) is 11.1 Å². The van der Waals surface area contributed by atoms with E-state index in [2.05, 4.69) is 59.8 Å².